The van der Waals surface area contributed by atoms with E-state index < -0.39 is 0 Å². The van der Waals surface area contributed by atoms with Crippen molar-refractivity contribution in [3.05, 3.63) is 29.5 Å². The number of aromatic nitrogens is 1. The van der Waals surface area contributed by atoms with Crippen LogP contribution in [0, 0.1) is 12.8 Å². The summed E-state index contributed by atoms with van der Waals surface area (Å²) in [5.74, 6) is 1.48. The molecule has 1 amide bonds. The van der Waals surface area contributed by atoms with Crippen molar-refractivity contribution in [2.24, 2.45) is 5.92 Å². The highest BCUT2D eigenvalue weighted by molar-refractivity contribution is 6.09. The van der Waals surface area contributed by atoms with E-state index in [2.05, 4.69) is 43.6 Å². The number of ether oxygens (including phenoxy) is 1. The number of hydrogen-bond donors (Lipinski definition) is 1. The summed E-state index contributed by atoms with van der Waals surface area (Å²) < 4.78 is 7.72. The fourth-order valence-electron chi connectivity index (χ4n) is 3.59. The predicted octanol–water partition coefficient (Wildman–Crippen LogP) is 4.85. The zero-order valence-electron chi connectivity index (χ0n) is 16.1. The molecule has 0 radical (unpaired) electrons. The Kier molecular flexibility index (Phi) is 5.07. The Balaban J connectivity index is 1.94. The van der Waals surface area contributed by atoms with Gasteiger partial charge in [0, 0.05) is 28.7 Å². The summed E-state index contributed by atoms with van der Waals surface area (Å²) in [6.45, 7) is 8.59. The Bertz CT molecular complexity index is 772. The lowest BCUT2D eigenvalue weighted by atomic mass is 10.0. The molecule has 1 aliphatic carbocycles. The minimum atomic E-state index is 0.0337. The molecular formula is C21H30N2O2. The summed E-state index contributed by atoms with van der Waals surface area (Å²) in [5.41, 5.74) is 3.01. The molecular weight excluding hydrogens is 312 g/mol. The average molecular weight is 342 g/mol. The molecule has 4 nitrogen and oxygen atoms in total. The Labute approximate surface area is 150 Å². The number of hydrogen-bond acceptors (Lipinski definition) is 2. The van der Waals surface area contributed by atoms with E-state index in [0.29, 0.717) is 12.0 Å². The second-order valence-electron chi connectivity index (χ2n) is 7.79. The van der Waals surface area contributed by atoms with Gasteiger partial charge < -0.3 is 14.6 Å². The summed E-state index contributed by atoms with van der Waals surface area (Å²) in [5, 5.41) is 4.20. The second-order valence-corrected chi connectivity index (χ2v) is 7.79. The van der Waals surface area contributed by atoms with Crippen LogP contribution in [-0.4, -0.2) is 23.6 Å². The standard InChI is InChI=1S/C21H30N2O2/c1-13(2)6-7-14(3)22-21(24)20-15(4)23(16-8-9-16)19-11-10-17(25-5)12-18(19)20/h10-14,16H,6-9H2,1-5H3,(H,22,24)/t14-/m0/s1. The van der Waals surface area contributed by atoms with Crippen molar-refractivity contribution in [3.63, 3.8) is 0 Å². The monoisotopic (exact) mass is 342 g/mol. The second kappa shape index (κ2) is 7.11. The van der Waals surface area contributed by atoms with Gasteiger partial charge >= 0.3 is 0 Å². The zero-order valence-corrected chi connectivity index (χ0v) is 16.1. The first-order chi connectivity index (χ1) is 11.9. The minimum Gasteiger partial charge on any atom is -0.497 e. The number of methoxy groups -OCH3 is 1. The van der Waals surface area contributed by atoms with E-state index in [1.165, 1.54) is 12.8 Å². The first-order valence-electron chi connectivity index (χ1n) is 9.41. The predicted molar refractivity (Wildman–Crippen MR) is 102 cm³/mol. The van der Waals surface area contributed by atoms with Crippen LogP contribution < -0.4 is 10.1 Å². The highest BCUT2D eigenvalue weighted by Crippen LogP contribution is 2.41. The van der Waals surface area contributed by atoms with E-state index in [1.54, 1.807) is 7.11 Å². The number of nitrogens with zero attached hydrogens (tertiary/aromatic N) is 1. The molecule has 1 aromatic heterocycles. The van der Waals surface area contributed by atoms with Gasteiger partial charge in [-0.25, -0.2) is 0 Å². The summed E-state index contributed by atoms with van der Waals surface area (Å²) in [6, 6.07) is 6.77. The molecule has 25 heavy (non-hydrogen) atoms. The van der Waals surface area contributed by atoms with Gasteiger partial charge in [-0.1, -0.05) is 13.8 Å². The molecule has 0 saturated heterocycles. The number of rotatable bonds is 7. The number of carbonyl (C=O) groups excluding carboxylic acids is 1. The third-order valence-corrected chi connectivity index (χ3v) is 5.15. The fraction of sp³-hybridized carbons (Fsp3) is 0.571. The van der Waals surface area contributed by atoms with E-state index in [9.17, 15) is 4.79 Å². The summed E-state index contributed by atoms with van der Waals surface area (Å²) in [7, 11) is 1.67. The number of nitrogens with one attached hydrogen (secondary N) is 1. The first-order valence-corrected chi connectivity index (χ1v) is 9.41. The lowest BCUT2D eigenvalue weighted by molar-refractivity contribution is 0.0938. The molecule has 1 aromatic carbocycles. The zero-order chi connectivity index (χ0) is 18.1. The Morgan fingerprint density at radius 3 is 2.60 bits per heavy atom. The molecule has 4 heteroatoms. The lowest BCUT2D eigenvalue weighted by Gasteiger charge is -2.15. The average Bonchev–Trinajstić information content (AvgIpc) is 3.35. The largest absolute Gasteiger partial charge is 0.497 e. The van der Waals surface area contributed by atoms with Crippen molar-refractivity contribution in [2.75, 3.05) is 7.11 Å². The summed E-state index contributed by atoms with van der Waals surface area (Å²) in [4.78, 5) is 13.0. The van der Waals surface area contributed by atoms with Crippen LogP contribution in [-0.2, 0) is 0 Å². The molecule has 136 valence electrons. The Morgan fingerprint density at radius 2 is 2.00 bits per heavy atom. The molecule has 0 bridgehead atoms. The van der Waals surface area contributed by atoms with Crippen molar-refractivity contribution >= 4 is 16.8 Å². The fourth-order valence-corrected chi connectivity index (χ4v) is 3.59. The van der Waals surface area contributed by atoms with E-state index in [-0.39, 0.29) is 11.9 Å². The number of amides is 1. The molecule has 1 atom stereocenters. The number of carbonyl (C=O) groups is 1. The lowest BCUT2D eigenvalue weighted by Crippen LogP contribution is -2.33. The molecule has 2 aromatic rings. The molecule has 1 N–H and O–H groups in total. The van der Waals surface area contributed by atoms with Crippen molar-refractivity contribution in [1.29, 1.82) is 0 Å². The normalized spacial score (nSPS) is 15.6. The maximum Gasteiger partial charge on any atom is 0.253 e. The van der Waals surface area contributed by atoms with Gasteiger partial charge in [0.15, 0.2) is 0 Å². The minimum absolute atomic E-state index is 0.0337. The molecule has 1 saturated carbocycles. The molecule has 3 rings (SSSR count). The SMILES string of the molecule is COc1ccc2c(c1)c(C(=O)N[C@@H](C)CCC(C)C)c(C)n2C1CC1. The Morgan fingerprint density at radius 1 is 1.28 bits per heavy atom. The highest BCUT2D eigenvalue weighted by Gasteiger charge is 2.30. The van der Waals surface area contributed by atoms with Gasteiger partial charge in [-0.3, -0.25) is 4.79 Å². The van der Waals surface area contributed by atoms with Crippen molar-refractivity contribution < 1.29 is 9.53 Å². The van der Waals surface area contributed by atoms with E-state index in [0.717, 1.165) is 40.8 Å². The molecule has 0 spiro atoms. The van der Waals surface area contributed by atoms with Crippen molar-refractivity contribution in [2.45, 2.75) is 65.5 Å². The van der Waals surface area contributed by atoms with Gasteiger partial charge in [0.05, 0.1) is 12.7 Å². The van der Waals surface area contributed by atoms with Crippen LogP contribution in [0.1, 0.15) is 68.5 Å². The summed E-state index contributed by atoms with van der Waals surface area (Å²) in [6.07, 6.45) is 4.52. The molecule has 1 fully saturated rings. The third kappa shape index (κ3) is 3.68. The maximum atomic E-state index is 13.0. The maximum absolute atomic E-state index is 13.0. The molecule has 1 aliphatic rings. The quantitative estimate of drug-likeness (QED) is 0.782. The van der Waals surface area contributed by atoms with E-state index in [1.807, 2.05) is 12.1 Å². The van der Waals surface area contributed by atoms with Gasteiger partial charge in [0.2, 0.25) is 0 Å². The third-order valence-electron chi connectivity index (χ3n) is 5.15. The smallest absolute Gasteiger partial charge is 0.253 e. The number of fused-ring (bicyclic) bond motifs is 1. The van der Waals surface area contributed by atoms with E-state index in [4.69, 9.17) is 4.74 Å². The van der Waals surface area contributed by atoms with Crippen LogP contribution in [0.2, 0.25) is 0 Å². The molecule has 0 unspecified atom stereocenters. The van der Waals surface area contributed by atoms with Crippen LogP contribution in [0.3, 0.4) is 0 Å². The first kappa shape index (κ1) is 17.8. The number of benzene rings is 1. The van der Waals surface area contributed by atoms with Gasteiger partial charge in [0.25, 0.3) is 5.91 Å². The van der Waals surface area contributed by atoms with Crippen LogP contribution >= 0.6 is 0 Å². The van der Waals surface area contributed by atoms with Crippen LogP contribution in [0.5, 0.6) is 5.75 Å². The van der Waals surface area contributed by atoms with Crippen molar-refractivity contribution in [1.82, 2.24) is 9.88 Å². The van der Waals surface area contributed by atoms with Gasteiger partial charge in [-0.2, -0.15) is 0 Å². The molecule has 1 heterocycles. The van der Waals surface area contributed by atoms with Crippen LogP contribution in [0.4, 0.5) is 0 Å². The van der Waals surface area contributed by atoms with Crippen molar-refractivity contribution in [3.8, 4) is 5.75 Å². The van der Waals surface area contributed by atoms with Crippen LogP contribution in [0.15, 0.2) is 18.2 Å². The molecule has 0 aliphatic heterocycles. The highest BCUT2D eigenvalue weighted by atomic mass is 16.5. The van der Waals surface area contributed by atoms with E-state index >= 15 is 0 Å². The van der Waals surface area contributed by atoms with Gasteiger partial charge in [-0.15, -0.1) is 0 Å². The van der Waals surface area contributed by atoms with Gasteiger partial charge in [0.1, 0.15) is 5.75 Å². The Hall–Kier alpha value is -1.97. The van der Waals surface area contributed by atoms with Crippen LogP contribution in [0.25, 0.3) is 10.9 Å². The van der Waals surface area contributed by atoms with Gasteiger partial charge in [-0.05, 0) is 63.6 Å². The summed E-state index contributed by atoms with van der Waals surface area (Å²) >= 11 is 0. The topological polar surface area (TPSA) is 43.3 Å².